The average Bonchev–Trinajstić information content (AvgIpc) is 2.42. The lowest BCUT2D eigenvalue weighted by Crippen LogP contribution is -2.08. The summed E-state index contributed by atoms with van der Waals surface area (Å²) in [6, 6.07) is 14.6. The number of rotatable bonds is 4. The molecule has 0 amide bonds. The number of hydrogen-bond acceptors (Lipinski definition) is 2. The summed E-state index contributed by atoms with van der Waals surface area (Å²) in [6.07, 6.45) is 1.56. The van der Waals surface area contributed by atoms with Crippen molar-refractivity contribution in [2.45, 2.75) is 6.92 Å². The zero-order chi connectivity index (χ0) is 14.6. The van der Waals surface area contributed by atoms with E-state index >= 15 is 0 Å². The topological polar surface area (TPSA) is 46.2 Å². The molecule has 0 saturated heterocycles. The highest BCUT2D eigenvalue weighted by Gasteiger charge is 2.06. The first kappa shape index (κ1) is 14.8. The Bertz CT molecular complexity index is 725. The predicted octanol–water partition coefficient (Wildman–Crippen LogP) is 4.17. The lowest BCUT2D eigenvalue weighted by atomic mass is 10.2. The van der Waals surface area contributed by atoms with Gasteiger partial charge in [-0.15, -0.1) is 0 Å². The zero-order valence-corrected chi connectivity index (χ0v) is 13.3. The molecule has 0 aliphatic carbocycles. The van der Waals surface area contributed by atoms with E-state index in [4.69, 9.17) is 0 Å². The first-order chi connectivity index (χ1) is 9.46. The second kappa shape index (κ2) is 6.24. The van der Waals surface area contributed by atoms with Crippen LogP contribution < -0.4 is 4.72 Å². The van der Waals surface area contributed by atoms with E-state index in [0.29, 0.717) is 5.69 Å². The number of halogens is 1. The largest absolute Gasteiger partial charge is 0.280 e. The molecule has 0 saturated carbocycles. The molecule has 2 aromatic carbocycles. The number of benzene rings is 2. The highest BCUT2D eigenvalue weighted by Crippen LogP contribution is 2.21. The molecule has 0 aliphatic rings. The molecule has 3 nitrogen and oxygen atoms in total. The number of anilines is 1. The summed E-state index contributed by atoms with van der Waals surface area (Å²) >= 11 is 3.38. The highest BCUT2D eigenvalue weighted by atomic mass is 79.9. The fourth-order valence-electron chi connectivity index (χ4n) is 1.59. The van der Waals surface area contributed by atoms with Gasteiger partial charge in [0.05, 0.1) is 5.41 Å². The van der Waals surface area contributed by atoms with Crippen LogP contribution in [-0.2, 0) is 10.0 Å². The maximum absolute atomic E-state index is 12.0. The van der Waals surface area contributed by atoms with Crippen LogP contribution in [0.1, 0.15) is 11.1 Å². The molecule has 0 bridgehead atoms. The van der Waals surface area contributed by atoms with E-state index in [1.54, 1.807) is 18.2 Å². The summed E-state index contributed by atoms with van der Waals surface area (Å²) in [6.45, 7) is 1.94. The predicted molar refractivity (Wildman–Crippen MR) is 86.9 cm³/mol. The first-order valence-electron chi connectivity index (χ1n) is 5.98. The molecule has 20 heavy (non-hydrogen) atoms. The minimum atomic E-state index is -3.51. The van der Waals surface area contributed by atoms with Gasteiger partial charge in [-0.1, -0.05) is 52.3 Å². The van der Waals surface area contributed by atoms with E-state index in [9.17, 15) is 8.42 Å². The Balaban J connectivity index is 2.15. The molecule has 0 spiro atoms. The number of hydrogen-bond donors (Lipinski definition) is 1. The van der Waals surface area contributed by atoms with Crippen LogP contribution in [-0.4, -0.2) is 8.42 Å². The van der Waals surface area contributed by atoms with Crippen LogP contribution in [0.3, 0.4) is 0 Å². The van der Waals surface area contributed by atoms with Gasteiger partial charge in [0, 0.05) is 10.2 Å². The minimum absolute atomic E-state index is 0.528. The van der Waals surface area contributed by atoms with E-state index in [1.807, 2.05) is 43.3 Å². The highest BCUT2D eigenvalue weighted by molar-refractivity contribution is 9.10. The van der Waals surface area contributed by atoms with Gasteiger partial charge in [-0.25, -0.2) is 8.42 Å². The Morgan fingerprint density at radius 2 is 1.80 bits per heavy atom. The van der Waals surface area contributed by atoms with Crippen molar-refractivity contribution in [2.24, 2.45) is 0 Å². The van der Waals surface area contributed by atoms with Crippen molar-refractivity contribution < 1.29 is 8.42 Å². The van der Waals surface area contributed by atoms with Gasteiger partial charge in [0.1, 0.15) is 0 Å². The van der Waals surface area contributed by atoms with E-state index in [0.717, 1.165) is 21.0 Å². The smallest absolute Gasteiger partial charge is 0.255 e. The molecular formula is C15H14BrNO2S. The van der Waals surface area contributed by atoms with Crippen LogP contribution >= 0.6 is 15.9 Å². The molecular weight excluding hydrogens is 338 g/mol. The lowest BCUT2D eigenvalue weighted by Gasteiger charge is -2.06. The molecule has 5 heteroatoms. The van der Waals surface area contributed by atoms with Crippen molar-refractivity contribution in [3.05, 3.63) is 69.5 Å². The van der Waals surface area contributed by atoms with E-state index < -0.39 is 10.0 Å². The molecule has 104 valence electrons. The third-order valence-electron chi connectivity index (χ3n) is 2.67. The van der Waals surface area contributed by atoms with Gasteiger partial charge in [0.15, 0.2) is 0 Å². The molecule has 0 atom stereocenters. The lowest BCUT2D eigenvalue weighted by molar-refractivity contribution is 0.609. The van der Waals surface area contributed by atoms with Crippen molar-refractivity contribution >= 4 is 37.7 Å². The van der Waals surface area contributed by atoms with Crippen molar-refractivity contribution in [3.8, 4) is 0 Å². The minimum Gasteiger partial charge on any atom is -0.280 e. The Morgan fingerprint density at radius 1 is 1.10 bits per heavy atom. The van der Waals surface area contributed by atoms with Crippen molar-refractivity contribution in [3.63, 3.8) is 0 Å². The van der Waals surface area contributed by atoms with Gasteiger partial charge >= 0.3 is 0 Å². The standard InChI is InChI=1S/C15H14BrNO2S/c1-12-7-8-14(11-15(12)16)17-20(18,19)10-9-13-5-3-2-4-6-13/h2-11,17H,1H3. The third kappa shape index (κ3) is 4.21. The summed E-state index contributed by atoms with van der Waals surface area (Å²) in [7, 11) is -3.51. The molecule has 0 fully saturated rings. The van der Waals surface area contributed by atoms with Gasteiger partial charge in [-0.3, -0.25) is 4.72 Å². The van der Waals surface area contributed by atoms with Gasteiger partial charge in [0.25, 0.3) is 10.0 Å². The van der Waals surface area contributed by atoms with Crippen LogP contribution in [0.4, 0.5) is 5.69 Å². The zero-order valence-electron chi connectivity index (χ0n) is 10.9. The number of aryl methyl sites for hydroxylation is 1. The van der Waals surface area contributed by atoms with Gasteiger partial charge in [-0.05, 0) is 36.3 Å². The SMILES string of the molecule is Cc1ccc(NS(=O)(=O)C=Cc2ccccc2)cc1Br. The van der Waals surface area contributed by atoms with Crippen LogP contribution in [0.15, 0.2) is 58.4 Å². The van der Waals surface area contributed by atoms with Crippen LogP contribution in [0, 0.1) is 6.92 Å². The molecule has 0 heterocycles. The molecule has 2 rings (SSSR count). The summed E-state index contributed by atoms with van der Waals surface area (Å²) in [4.78, 5) is 0. The van der Waals surface area contributed by atoms with Crippen molar-refractivity contribution in [2.75, 3.05) is 4.72 Å². The summed E-state index contributed by atoms with van der Waals surface area (Å²) in [5.41, 5.74) is 2.41. The fraction of sp³-hybridized carbons (Fsp3) is 0.0667. The number of nitrogens with one attached hydrogen (secondary N) is 1. The molecule has 0 unspecified atom stereocenters. The molecule has 1 N–H and O–H groups in total. The summed E-state index contributed by atoms with van der Waals surface area (Å²) < 4.78 is 27.3. The van der Waals surface area contributed by atoms with Gasteiger partial charge < -0.3 is 0 Å². The van der Waals surface area contributed by atoms with Crippen LogP contribution in [0.5, 0.6) is 0 Å². The van der Waals surface area contributed by atoms with E-state index in [1.165, 1.54) is 0 Å². The monoisotopic (exact) mass is 351 g/mol. The Kier molecular flexibility index (Phi) is 4.62. The molecule has 0 aromatic heterocycles. The quantitative estimate of drug-likeness (QED) is 0.898. The maximum Gasteiger partial charge on any atom is 0.255 e. The van der Waals surface area contributed by atoms with Crippen LogP contribution in [0.25, 0.3) is 6.08 Å². The van der Waals surface area contributed by atoms with E-state index in [2.05, 4.69) is 20.7 Å². The fourth-order valence-corrected chi connectivity index (χ4v) is 2.83. The van der Waals surface area contributed by atoms with Crippen LogP contribution in [0.2, 0.25) is 0 Å². The Hall–Kier alpha value is -1.59. The molecule has 0 radical (unpaired) electrons. The van der Waals surface area contributed by atoms with Crippen molar-refractivity contribution in [1.82, 2.24) is 0 Å². The summed E-state index contributed by atoms with van der Waals surface area (Å²) in [5.74, 6) is 0. The van der Waals surface area contributed by atoms with Gasteiger partial charge in [0.2, 0.25) is 0 Å². The normalized spacial score (nSPS) is 11.7. The second-order valence-electron chi connectivity index (χ2n) is 4.32. The molecule has 0 aliphatic heterocycles. The van der Waals surface area contributed by atoms with E-state index in [-0.39, 0.29) is 0 Å². The second-order valence-corrected chi connectivity index (χ2v) is 6.75. The number of sulfonamides is 1. The Labute approximate surface area is 127 Å². The maximum atomic E-state index is 12.0. The molecule has 2 aromatic rings. The summed E-state index contributed by atoms with van der Waals surface area (Å²) in [5, 5.41) is 1.16. The average molecular weight is 352 g/mol. The third-order valence-corrected chi connectivity index (χ3v) is 4.54. The van der Waals surface area contributed by atoms with Crippen molar-refractivity contribution in [1.29, 1.82) is 0 Å². The first-order valence-corrected chi connectivity index (χ1v) is 8.32. The Morgan fingerprint density at radius 3 is 2.45 bits per heavy atom. The van der Waals surface area contributed by atoms with Gasteiger partial charge in [-0.2, -0.15) is 0 Å².